The summed E-state index contributed by atoms with van der Waals surface area (Å²) in [7, 11) is 0. The summed E-state index contributed by atoms with van der Waals surface area (Å²) < 4.78 is 0. The Morgan fingerprint density at radius 2 is 1.17 bits per heavy atom. The first-order valence-electron chi connectivity index (χ1n) is 1.91. The second-order valence-corrected chi connectivity index (χ2v) is 1.000. The molecule has 0 saturated carbocycles. The largest absolute Gasteiger partial charge is 0.0776 e. The van der Waals surface area contributed by atoms with Crippen LogP contribution < -0.4 is 0 Å². The molecule has 0 saturated heterocycles. The maximum atomic E-state index is 2.18. The van der Waals surface area contributed by atoms with E-state index in [4.69, 9.17) is 0 Å². The van der Waals surface area contributed by atoms with Crippen molar-refractivity contribution in [2.75, 3.05) is 0 Å². The van der Waals surface area contributed by atoms with E-state index in [0.717, 1.165) is 0 Å². The standard InChI is InChI=1S/C4H10.CH4.Ar/c1-3-4-2;;/h3-4H2,1-2H3;1H4;. The third kappa shape index (κ3) is 18.7. The van der Waals surface area contributed by atoms with Crippen LogP contribution >= 0.6 is 0 Å². The van der Waals surface area contributed by atoms with Crippen LogP contribution in [0.1, 0.15) is 34.1 Å². The summed E-state index contributed by atoms with van der Waals surface area (Å²) in [6.07, 6.45) is 2.64. The molecule has 42 valence electrons. The van der Waals surface area contributed by atoms with Crippen LogP contribution in [-0.4, -0.2) is 0 Å². The Kier molecular flexibility index (Phi) is 42.6. The molecule has 0 aromatic carbocycles. The number of rotatable bonds is 1. The molecular formula is C5H14Ar. The summed E-state index contributed by atoms with van der Waals surface area (Å²) in [5, 5.41) is 0. The second kappa shape index (κ2) is 16.3. The molecule has 0 amide bonds. The molecule has 0 unspecified atom stereocenters. The Balaban J connectivity index is -0.0000000450. The predicted octanol–water partition coefficient (Wildman–Crippen LogP) is 2.44. The summed E-state index contributed by atoms with van der Waals surface area (Å²) in [5.41, 5.74) is 0. The minimum atomic E-state index is 0. The minimum Gasteiger partial charge on any atom is -0.0776 e. The third-order valence-electron chi connectivity index (χ3n) is 0.500. The van der Waals surface area contributed by atoms with E-state index < -0.39 is 0 Å². The van der Waals surface area contributed by atoms with Crippen LogP contribution in [0.2, 0.25) is 0 Å². The van der Waals surface area contributed by atoms with Gasteiger partial charge in [-0.15, -0.1) is 0 Å². The average molecular weight is 114 g/mol. The Morgan fingerprint density at radius 3 is 1.17 bits per heavy atom. The Labute approximate surface area is 71.3 Å². The van der Waals surface area contributed by atoms with Crippen molar-refractivity contribution in [3.8, 4) is 0 Å². The molecule has 0 rings (SSSR count). The number of hydrogen-bond donors (Lipinski definition) is 0. The molecule has 6 heavy (non-hydrogen) atoms. The molecule has 0 bridgehead atoms. The fourth-order valence-corrected chi connectivity index (χ4v) is 0. The zero-order valence-electron chi connectivity index (χ0n) is 3.77. The van der Waals surface area contributed by atoms with Crippen LogP contribution in [0.15, 0.2) is 0 Å². The van der Waals surface area contributed by atoms with Gasteiger partial charge in [0.15, 0.2) is 0 Å². The third-order valence-corrected chi connectivity index (χ3v) is 0.500. The van der Waals surface area contributed by atoms with Crippen molar-refractivity contribution in [2.45, 2.75) is 34.1 Å². The number of unbranched alkanes of at least 4 members (excludes halogenated alkanes) is 1. The molecule has 0 aliphatic carbocycles. The molecule has 0 aromatic heterocycles. The van der Waals surface area contributed by atoms with Crippen molar-refractivity contribution in [1.82, 2.24) is 0 Å². The minimum absolute atomic E-state index is 0. The summed E-state index contributed by atoms with van der Waals surface area (Å²) in [6, 6.07) is 0. The van der Waals surface area contributed by atoms with Gasteiger partial charge in [-0.2, -0.15) is 0 Å². The molecule has 0 aliphatic rings. The molecule has 0 aromatic rings. The van der Waals surface area contributed by atoms with Crippen LogP contribution in [-0.2, 0) is 0 Å². The zero-order chi connectivity index (χ0) is 3.41. The van der Waals surface area contributed by atoms with E-state index in [1.165, 1.54) is 12.8 Å². The molecule has 0 spiro atoms. The van der Waals surface area contributed by atoms with E-state index in [1.807, 2.05) is 0 Å². The SMILES string of the molecule is C.CCCC.[Ar]. The Bertz CT molecular complexity index is 5.90. The van der Waals surface area contributed by atoms with Crippen molar-refractivity contribution in [2.24, 2.45) is 0 Å². The molecule has 0 radical (unpaired) electrons. The molecule has 0 heterocycles. The van der Waals surface area contributed by atoms with Gasteiger partial charge in [0.05, 0.1) is 0 Å². The molecule has 0 fully saturated rings. The summed E-state index contributed by atoms with van der Waals surface area (Å²) in [4.78, 5) is 0. The predicted molar refractivity (Wildman–Crippen MR) is 27.3 cm³/mol. The summed E-state index contributed by atoms with van der Waals surface area (Å²) in [6.45, 7) is 4.36. The van der Waals surface area contributed by atoms with Crippen LogP contribution in [0.4, 0.5) is 0 Å². The molecule has 0 N–H and O–H groups in total. The van der Waals surface area contributed by atoms with Gasteiger partial charge in [0, 0.05) is 37.7 Å². The van der Waals surface area contributed by atoms with Crippen LogP contribution in [0.5, 0.6) is 0 Å². The normalized spacial score (nSPS) is 5.00. The fourth-order valence-electron chi connectivity index (χ4n) is 0. The van der Waals surface area contributed by atoms with Crippen LogP contribution in [0.3, 0.4) is 0 Å². The van der Waals surface area contributed by atoms with E-state index in [2.05, 4.69) is 13.8 Å². The van der Waals surface area contributed by atoms with Gasteiger partial charge in [0.2, 0.25) is 0 Å². The van der Waals surface area contributed by atoms with E-state index in [-0.39, 0.29) is 45.2 Å². The van der Waals surface area contributed by atoms with Crippen molar-refractivity contribution in [3.05, 3.63) is 0 Å². The van der Waals surface area contributed by atoms with Crippen molar-refractivity contribution >= 4 is 0 Å². The molecule has 1 heteroatoms. The van der Waals surface area contributed by atoms with Crippen LogP contribution in [0.25, 0.3) is 0 Å². The topological polar surface area (TPSA) is 0 Å². The van der Waals surface area contributed by atoms with Crippen LogP contribution in [0, 0.1) is 37.7 Å². The van der Waals surface area contributed by atoms with Gasteiger partial charge < -0.3 is 0 Å². The summed E-state index contributed by atoms with van der Waals surface area (Å²) in [5.74, 6) is 0. The quantitative estimate of drug-likeness (QED) is 0.491. The van der Waals surface area contributed by atoms with E-state index in [9.17, 15) is 0 Å². The van der Waals surface area contributed by atoms with Gasteiger partial charge in [0.1, 0.15) is 0 Å². The molecule has 0 aliphatic heterocycles. The van der Waals surface area contributed by atoms with E-state index >= 15 is 0 Å². The number of hydrogen-bond acceptors (Lipinski definition) is 0. The monoisotopic (exact) mass is 114 g/mol. The van der Waals surface area contributed by atoms with Gasteiger partial charge in [0.25, 0.3) is 0 Å². The molecular weight excluding hydrogens is 100 g/mol. The Morgan fingerprint density at radius 1 is 1.00 bits per heavy atom. The van der Waals surface area contributed by atoms with Gasteiger partial charge >= 0.3 is 0 Å². The van der Waals surface area contributed by atoms with E-state index in [1.54, 1.807) is 0 Å². The molecule has 0 atom stereocenters. The van der Waals surface area contributed by atoms with Gasteiger partial charge in [-0.3, -0.25) is 0 Å². The van der Waals surface area contributed by atoms with Crippen molar-refractivity contribution in [3.63, 3.8) is 0 Å². The summed E-state index contributed by atoms with van der Waals surface area (Å²) >= 11 is 0. The first-order valence-corrected chi connectivity index (χ1v) is 1.91. The van der Waals surface area contributed by atoms with E-state index in [0.29, 0.717) is 0 Å². The maximum absolute atomic E-state index is 2.18. The van der Waals surface area contributed by atoms with Crippen molar-refractivity contribution in [1.29, 1.82) is 0 Å². The average Bonchev–Trinajstić information content (AvgIpc) is 1.37. The first kappa shape index (κ1) is 15.7. The second-order valence-electron chi connectivity index (χ2n) is 1.000. The van der Waals surface area contributed by atoms with Gasteiger partial charge in [-0.05, 0) is 0 Å². The maximum Gasteiger partial charge on any atom is 0 e. The first-order chi connectivity index (χ1) is 1.91. The van der Waals surface area contributed by atoms with Gasteiger partial charge in [-0.25, -0.2) is 0 Å². The molecule has 0 nitrogen and oxygen atoms in total. The van der Waals surface area contributed by atoms with Gasteiger partial charge in [-0.1, -0.05) is 34.1 Å². The fraction of sp³-hybridized carbons (Fsp3) is 1.00. The zero-order valence-corrected chi connectivity index (χ0v) is 4.47. The smallest absolute Gasteiger partial charge is 0 e. The van der Waals surface area contributed by atoms with Crippen molar-refractivity contribution < 1.29 is 37.7 Å². The Hall–Kier alpha value is 1.26.